The molecule has 3 fully saturated rings. The molecule has 4 rings (SSSR count). The number of hydrogen-bond acceptors (Lipinski definition) is 5. The number of carbonyl (C=O) groups excluding carboxylic acids is 3. The number of halogens is 3. The van der Waals surface area contributed by atoms with Crippen LogP contribution in [0.3, 0.4) is 0 Å². The van der Waals surface area contributed by atoms with Crippen molar-refractivity contribution in [3.8, 4) is 0 Å². The first kappa shape index (κ1) is 18.9. The van der Waals surface area contributed by atoms with E-state index in [1.54, 1.807) is 0 Å². The van der Waals surface area contributed by atoms with Crippen molar-refractivity contribution in [2.75, 3.05) is 5.88 Å². The van der Waals surface area contributed by atoms with Crippen LogP contribution in [0.5, 0.6) is 0 Å². The van der Waals surface area contributed by atoms with Gasteiger partial charge in [-0.05, 0) is 36.6 Å². The molecule has 2 aliphatic carbocycles. The Morgan fingerprint density at radius 2 is 2.00 bits per heavy atom. The monoisotopic (exact) mass is 458 g/mol. The molecule has 27 heavy (non-hydrogen) atoms. The maximum absolute atomic E-state index is 13.1. The third kappa shape index (κ3) is 3.09. The predicted molar refractivity (Wildman–Crippen MR) is 97.1 cm³/mol. The van der Waals surface area contributed by atoms with E-state index < -0.39 is 35.5 Å². The Morgan fingerprint density at radius 1 is 1.30 bits per heavy atom. The summed E-state index contributed by atoms with van der Waals surface area (Å²) in [4.78, 5) is 37.7. The number of fused-ring (bicyclic) bond motifs is 1. The Balaban J connectivity index is 1.52. The van der Waals surface area contributed by atoms with Crippen molar-refractivity contribution < 1.29 is 28.2 Å². The van der Waals surface area contributed by atoms with Crippen LogP contribution in [0, 0.1) is 29.5 Å². The molecule has 1 aliphatic heterocycles. The molecule has 2 saturated carbocycles. The minimum atomic E-state index is -1.07. The molecular weight excluding hydrogens is 443 g/mol. The van der Waals surface area contributed by atoms with E-state index in [4.69, 9.17) is 21.1 Å². The standard InChI is InChI=1S/C19H17BrClFO5/c20-15-10-7-11-14(19(25)27-17(11)15)13(10)18(24)26-12(5-6-21)16(23)8-1-3-9(22)4-2-8/h1-4,10-15,17H,5-7H2/t10-,11-,12+,13-,14-,15+,17+/m1/s1. The molecule has 0 amide bonds. The summed E-state index contributed by atoms with van der Waals surface area (Å²) in [6, 6.07) is 5.04. The van der Waals surface area contributed by atoms with Crippen molar-refractivity contribution in [2.24, 2.45) is 23.7 Å². The van der Waals surface area contributed by atoms with E-state index in [2.05, 4.69) is 15.9 Å². The topological polar surface area (TPSA) is 69.7 Å². The number of hydrogen-bond donors (Lipinski definition) is 0. The van der Waals surface area contributed by atoms with E-state index >= 15 is 0 Å². The van der Waals surface area contributed by atoms with E-state index in [0.717, 1.165) is 6.42 Å². The molecule has 0 aromatic heterocycles. The SMILES string of the molecule is O=C(O[C@@H](CCCl)C(=O)c1ccc(F)cc1)[C@@H]1[C@H]2C[C@H]3[C@H](OC(=O)[C@H]31)[C@H]2Br. The number of benzene rings is 1. The molecule has 2 bridgehead atoms. The number of ether oxygens (including phenoxy) is 2. The zero-order chi connectivity index (χ0) is 19.3. The fourth-order valence-electron chi connectivity index (χ4n) is 4.66. The number of carbonyl (C=O) groups is 3. The second-order valence-corrected chi connectivity index (χ2v) is 8.67. The van der Waals surface area contributed by atoms with Crippen molar-refractivity contribution in [1.29, 1.82) is 0 Å². The van der Waals surface area contributed by atoms with Crippen LogP contribution in [0.2, 0.25) is 0 Å². The van der Waals surface area contributed by atoms with Crippen molar-refractivity contribution in [1.82, 2.24) is 0 Å². The highest BCUT2D eigenvalue weighted by molar-refractivity contribution is 9.09. The van der Waals surface area contributed by atoms with Gasteiger partial charge in [0.05, 0.1) is 16.7 Å². The van der Waals surface area contributed by atoms with Crippen LogP contribution in [0.25, 0.3) is 0 Å². The Bertz CT molecular complexity index is 785. The van der Waals surface area contributed by atoms with Gasteiger partial charge in [-0.3, -0.25) is 14.4 Å². The first-order valence-electron chi connectivity index (χ1n) is 8.83. The minimum absolute atomic E-state index is 0.0173. The van der Waals surface area contributed by atoms with E-state index in [9.17, 15) is 18.8 Å². The van der Waals surface area contributed by atoms with Gasteiger partial charge in [0.15, 0.2) is 6.10 Å². The molecule has 0 N–H and O–H groups in total. The van der Waals surface area contributed by atoms with Gasteiger partial charge < -0.3 is 9.47 Å². The van der Waals surface area contributed by atoms with E-state index in [1.807, 2.05) is 0 Å². The Morgan fingerprint density at radius 3 is 2.67 bits per heavy atom. The largest absolute Gasteiger partial charge is 0.461 e. The summed E-state index contributed by atoms with van der Waals surface area (Å²) in [7, 11) is 0. The third-order valence-electron chi connectivity index (χ3n) is 5.85. The second kappa shape index (κ2) is 7.17. The highest BCUT2D eigenvalue weighted by Crippen LogP contribution is 2.60. The Kier molecular flexibility index (Phi) is 5.01. The summed E-state index contributed by atoms with van der Waals surface area (Å²) in [6.07, 6.45) is -0.388. The lowest BCUT2D eigenvalue weighted by Gasteiger charge is -2.28. The number of alkyl halides is 2. The van der Waals surface area contributed by atoms with Gasteiger partial charge in [-0.1, -0.05) is 15.9 Å². The molecule has 1 heterocycles. The normalized spacial score (nSPS) is 34.4. The Hall–Kier alpha value is -1.47. The van der Waals surface area contributed by atoms with Crippen molar-refractivity contribution in [2.45, 2.75) is 29.9 Å². The molecule has 144 valence electrons. The molecule has 1 saturated heterocycles. The van der Waals surface area contributed by atoms with Gasteiger partial charge in [-0.25, -0.2) is 4.39 Å². The summed E-state index contributed by atoms with van der Waals surface area (Å²) in [5.41, 5.74) is 0.242. The van der Waals surface area contributed by atoms with E-state index in [0.29, 0.717) is 0 Å². The average Bonchev–Trinajstić information content (AvgIpc) is 3.25. The molecule has 1 aromatic rings. The molecule has 3 aliphatic rings. The first-order chi connectivity index (χ1) is 12.9. The summed E-state index contributed by atoms with van der Waals surface area (Å²) in [5.74, 6) is -2.87. The maximum Gasteiger partial charge on any atom is 0.310 e. The van der Waals surface area contributed by atoms with Crippen molar-refractivity contribution in [3.63, 3.8) is 0 Å². The number of ketones is 1. The van der Waals surface area contributed by atoms with E-state index in [1.165, 1.54) is 24.3 Å². The van der Waals surface area contributed by atoms with Crippen LogP contribution < -0.4 is 0 Å². The maximum atomic E-state index is 13.1. The average molecular weight is 460 g/mol. The molecule has 7 atom stereocenters. The van der Waals surface area contributed by atoms with Gasteiger partial charge in [-0.2, -0.15) is 0 Å². The van der Waals surface area contributed by atoms with Crippen LogP contribution in [-0.2, 0) is 19.1 Å². The highest BCUT2D eigenvalue weighted by atomic mass is 79.9. The van der Waals surface area contributed by atoms with Gasteiger partial charge in [0, 0.05) is 23.8 Å². The second-order valence-electron chi connectivity index (χ2n) is 7.24. The lowest BCUT2D eigenvalue weighted by Crippen LogP contribution is -2.41. The van der Waals surface area contributed by atoms with Crippen LogP contribution in [0.4, 0.5) is 4.39 Å². The van der Waals surface area contributed by atoms with Gasteiger partial charge in [0.2, 0.25) is 5.78 Å². The third-order valence-corrected chi connectivity index (χ3v) is 7.26. The van der Waals surface area contributed by atoms with Crippen LogP contribution >= 0.6 is 27.5 Å². The molecule has 0 spiro atoms. The zero-order valence-corrected chi connectivity index (χ0v) is 16.5. The highest BCUT2D eigenvalue weighted by Gasteiger charge is 2.68. The Labute approximate surface area is 168 Å². The zero-order valence-electron chi connectivity index (χ0n) is 14.1. The van der Waals surface area contributed by atoms with Crippen LogP contribution in [-0.4, -0.2) is 40.6 Å². The fourth-order valence-corrected chi connectivity index (χ4v) is 5.90. The fraction of sp³-hybridized carbons (Fsp3) is 0.526. The number of esters is 2. The lowest BCUT2D eigenvalue weighted by molar-refractivity contribution is -0.158. The number of Topliss-reactive ketones (excluding diaryl/α,β-unsaturated/α-hetero) is 1. The van der Waals surface area contributed by atoms with Gasteiger partial charge in [0.25, 0.3) is 0 Å². The van der Waals surface area contributed by atoms with E-state index in [-0.39, 0.29) is 46.6 Å². The van der Waals surface area contributed by atoms with Crippen LogP contribution in [0.1, 0.15) is 23.2 Å². The first-order valence-corrected chi connectivity index (χ1v) is 10.3. The minimum Gasteiger partial charge on any atom is -0.461 e. The summed E-state index contributed by atoms with van der Waals surface area (Å²) < 4.78 is 24.0. The van der Waals surface area contributed by atoms with Crippen LogP contribution in [0.15, 0.2) is 24.3 Å². The quantitative estimate of drug-likeness (QED) is 0.371. The molecule has 0 radical (unpaired) electrons. The predicted octanol–water partition coefficient (Wildman–Crippen LogP) is 3.12. The van der Waals surface area contributed by atoms with Gasteiger partial charge in [-0.15, -0.1) is 11.6 Å². The molecule has 8 heteroatoms. The summed E-state index contributed by atoms with van der Waals surface area (Å²) >= 11 is 9.33. The molecule has 5 nitrogen and oxygen atoms in total. The molecule has 0 unspecified atom stereocenters. The smallest absolute Gasteiger partial charge is 0.310 e. The number of rotatable bonds is 6. The summed E-state index contributed by atoms with van der Waals surface area (Å²) in [5, 5.41) is 0. The van der Waals surface area contributed by atoms with Crippen molar-refractivity contribution in [3.05, 3.63) is 35.6 Å². The molecule has 1 aromatic carbocycles. The molecular formula is C19H17BrClFO5. The van der Waals surface area contributed by atoms with Crippen molar-refractivity contribution >= 4 is 45.3 Å². The lowest BCUT2D eigenvalue weighted by atomic mass is 9.80. The van der Waals surface area contributed by atoms with Gasteiger partial charge in [0.1, 0.15) is 11.9 Å². The summed E-state index contributed by atoms with van der Waals surface area (Å²) in [6.45, 7) is 0. The van der Waals surface area contributed by atoms with Gasteiger partial charge >= 0.3 is 11.9 Å².